The fraction of sp³-hybridized carbons (Fsp3) is 0.565. The third-order valence-electron chi connectivity index (χ3n) is 5.03. The maximum Gasteiger partial charge on any atom is 0.421 e. The van der Waals surface area contributed by atoms with Gasteiger partial charge in [-0.05, 0) is 30.4 Å². The number of benzene rings is 1. The summed E-state index contributed by atoms with van der Waals surface area (Å²) in [4.78, 5) is 45.6. The molecule has 0 radical (unpaired) electrons. The number of imide groups is 1. The summed E-state index contributed by atoms with van der Waals surface area (Å²) in [7, 11) is 0. The normalized spacial score (nSPS) is 15.6. The molecule has 0 spiro atoms. The lowest BCUT2D eigenvalue weighted by atomic mass is 9.75. The van der Waals surface area contributed by atoms with E-state index in [2.05, 4.69) is 0 Å². The first-order chi connectivity index (χ1) is 14.9. The fourth-order valence-electron chi connectivity index (χ4n) is 3.35. The zero-order valence-electron chi connectivity index (χ0n) is 19.0. The van der Waals surface area contributed by atoms with Crippen LogP contribution in [0.15, 0.2) is 30.3 Å². The highest BCUT2D eigenvalue weighted by atomic mass is 19.1. The van der Waals surface area contributed by atoms with Crippen molar-refractivity contribution in [3.05, 3.63) is 35.9 Å². The number of nitrogens with zero attached hydrogens (tertiary/aromatic N) is 1. The van der Waals surface area contributed by atoms with E-state index in [-0.39, 0.29) is 17.9 Å². The summed E-state index contributed by atoms with van der Waals surface area (Å²) in [5, 5.41) is 7.42. The first-order valence-electron chi connectivity index (χ1n) is 10.6. The fourth-order valence-corrected chi connectivity index (χ4v) is 3.35. The van der Waals surface area contributed by atoms with Gasteiger partial charge in [0.25, 0.3) is 12.3 Å². The third kappa shape index (κ3) is 9.45. The zero-order chi connectivity index (χ0) is 24.3. The van der Waals surface area contributed by atoms with E-state index in [9.17, 15) is 18.8 Å². The number of carboxylic acids is 1. The van der Waals surface area contributed by atoms with E-state index < -0.39 is 30.5 Å². The molecule has 2 rings (SSSR count). The number of carbonyl (C=O) groups is 4. The highest BCUT2D eigenvalue weighted by molar-refractivity contribution is 5.90. The van der Waals surface area contributed by atoms with Crippen LogP contribution in [0.25, 0.3) is 0 Å². The molecule has 1 atom stereocenters. The molecule has 0 heterocycles. The first kappa shape index (κ1) is 27.1. The minimum absolute atomic E-state index is 0.0569. The van der Waals surface area contributed by atoms with Crippen molar-refractivity contribution in [1.82, 2.24) is 4.90 Å². The van der Waals surface area contributed by atoms with Gasteiger partial charge in [0.2, 0.25) is 0 Å². The number of hydrogen-bond donors (Lipinski definition) is 1. The van der Waals surface area contributed by atoms with Crippen LogP contribution in [0.1, 0.15) is 70.2 Å². The second-order valence-corrected chi connectivity index (χ2v) is 8.50. The average molecular weight is 454 g/mol. The van der Waals surface area contributed by atoms with Crippen molar-refractivity contribution in [2.24, 2.45) is 11.3 Å². The van der Waals surface area contributed by atoms with E-state index in [0.29, 0.717) is 10.5 Å². The molecule has 1 fully saturated rings. The predicted molar refractivity (Wildman–Crippen MR) is 115 cm³/mol. The van der Waals surface area contributed by atoms with Gasteiger partial charge in [0.1, 0.15) is 0 Å². The summed E-state index contributed by atoms with van der Waals surface area (Å²) in [6, 6.07) is 8.27. The Morgan fingerprint density at radius 2 is 1.59 bits per heavy atom. The molecule has 0 aliphatic heterocycles. The number of carbonyl (C=O) groups excluding carboxylic acids is 3. The van der Waals surface area contributed by atoms with Gasteiger partial charge in [0.15, 0.2) is 0 Å². The van der Waals surface area contributed by atoms with Crippen molar-refractivity contribution in [3.63, 3.8) is 0 Å². The SMILES string of the molecule is CC(=O)O.CC(C)C(OC(=O)c1ccccc1)OC(=O)N(CC1(C)CCCCC1)C(=O)F. The highest BCUT2D eigenvalue weighted by Crippen LogP contribution is 2.36. The number of rotatable bonds is 6. The number of amides is 2. The van der Waals surface area contributed by atoms with E-state index in [4.69, 9.17) is 19.4 Å². The Morgan fingerprint density at radius 1 is 1.06 bits per heavy atom. The summed E-state index contributed by atoms with van der Waals surface area (Å²) >= 11 is 0. The number of halogens is 1. The van der Waals surface area contributed by atoms with Crippen molar-refractivity contribution in [1.29, 1.82) is 0 Å². The molecular formula is C23H32FNO7. The lowest BCUT2D eigenvalue weighted by Gasteiger charge is -2.36. The second kappa shape index (κ2) is 12.8. The van der Waals surface area contributed by atoms with Gasteiger partial charge in [-0.25, -0.2) is 19.3 Å². The zero-order valence-corrected chi connectivity index (χ0v) is 19.0. The number of ether oxygens (including phenoxy) is 2. The van der Waals surface area contributed by atoms with Gasteiger partial charge in [-0.15, -0.1) is 4.39 Å². The summed E-state index contributed by atoms with van der Waals surface area (Å²) in [5.74, 6) is -1.87. The Hall–Kier alpha value is -2.97. The van der Waals surface area contributed by atoms with Crippen LogP contribution in [0.2, 0.25) is 0 Å². The average Bonchev–Trinajstić information content (AvgIpc) is 2.72. The van der Waals surface area contributed by atoms with Crippen LogP contribution >= 0.6 is 0 Å². The Balaban J connectivity index is 0.00000118. The maximum absolute atomic E-state index is 13.6. The molecule has 8 nitrogen and oxygen atoms in total. The van der Waals surface area contributed by atoms with Gasteiger partial charge in [-0.2, -0.15) is 0 Å². The Morgan fingerprint density at radius 3 is 2.06 bits per heavy atom. The first-order valence-corrected chi connectivity index (χ1v) is 10.6. The maximum atomic E-state index is 13.6. The lowest BCUT2D eigenvalue weighted by molar-refractivity contribution is -0.134. The summed E-state index contributed by atoms with van der Waals surface area (Å²) in [6.07, 6.45) is 0.413. The molecule has 0 bridgehead atoms. The molecule has 1 saturated carbocycles. The molecule has 1 aromatic carbocycles. The number of esters is 1. The van der Waals surface area contributed by atoms with Crippen molar-refractivity contribution in [2.75, 3.05) is 6.54 Å². The van der Waals surface area contributed by atoms with Gasteiger partial charge in [-0.1, -0.05) is 58.2 Å². The van der Waals surface area contributed by atoms with E-state index in [1.807, 2.05) is 6.92 Å². The monoisotopic (exact) mass is 453 g/mol. The van der Waals surface area contributed by atoms with Gasteiger partial charge in [-0.3, -0.25) is 4.79 Å². The van der Waals surface area contributed by atoms with Crippen molar-refractivity contribution in [3.8, 4) is 0 Å². The van der Waals surface area contributed by atoms with Crippen LogP contribution in [0.3, 0.4) is 0 Å². The van der Waals surface area contributed by atoms with Crippen LogP contribution in [-0.2, 0) is 14.3 Å². The Bertz CT molecular complexity index is 772. The molecule has 0 saturated heterocycles. The molecule has 32 heavy (non-hydrogen) atoms. The van der Waals surface area contributed by atoms with Crippen molar-refractivity contribution >= 4 is 24.2 Å². The third-order valence-corrected chi connectivity index (χ3v) is 5.03. The van der Waals surface area contributed by atoms with Crippen molar-refractivity contribution in [2.45, 2.75) is 66.1 Å². The van der Waals surface area contributed by atoms with Crippen LogP contribution in [-0.4, -0.2) is 47.0 Å². The molecule has 1 unspecified atom stereocenters. The molecular weight excluding hydrogens is 421 g/mol. The molecule has 178 valence electrons. The minimum atomic E-state index is -1.87. The van der Waals surface area contributed by atoms with E-state index in [0.717, 1.165) is 39.0 Å². The Kier molecular flexibility index (Phi) is 10.8. The van der Waals surface area contributed by atoms with Gasteiger partial charge < -0.3 is 14.6 Å². The molecule has 1 aromatic rings. The summed E-state index contributed by atoms with van der Waals surface area (Å²) in [6.45, 7) is 6.35. The number of hydrogen-bond acceptors (Lipinski definition) is 6. The molecule has 1 aliphatic carbocycles. The summed E-state index contributed by atoms with van der Waals surface area (Å²) < 4.78 is 24.1. The number of carboxylic acid groups (broad SMARTS) is 1. The summed E-state index contributed by atoms with van der Waals surface area (Å²) in [5.41, 5.74) is -0.0371. The van der Waals surface area contributed by atoms with Gasteiger partial charge in [0.05, 0.1) is 5.56 Å². The largest absolute Gasteiger partial charge is 0.481 e. The second-order valence-electron chi connectivity index (χ2n) is 8.50. The minimum Gasteiger partial charge on any atom is -0.481 e. The highest BCUT2D eigenvalue weighted by Gasteiger charge is 2.36. The standard InChI is InChI=1S/C21H28FNO5.C2H4O2/c1-15(2)18(27-17(24)16-10-6-4-7-11-16)28-20(26)23(19(22)25)14-21(3)12-8-5-9-13-21;1-2(3)4/h4,6-7,10-11,15,18H,5,8-9,12-14H2,1-3H3;1H3,(H,3,4). The van der Waals surface area contributed by atoms with Crippen LogP contribution in [0, 0.1) is 11.3 Å². The van der Waals surface area contributed by atoms with Crippen LogP contribution < -0.4 is 0 Å². The molecule has 9 heteroatoms. The number of aliphatic carboxylic acids is 1. The van der Waals surface area contributed by atoms with Crippen molar-refractivity contribution < 1.29 is 38.1 Å². The molecule has 2 amide bonds. The van der Waals surface area contributed by atoms with Gasteiger partial charge >= 0.3 is 18.2 Å². The van der Waals surface area contributed by atoms with Gasteiger partial charge in [0, 0.05) is 19.4 Å². The Labute approximate surface area is 187 Å². The molecule has 1 aliphatic rings. The van der Waals surface area contributed by atoms with E-state index >= 15 is 0 Å². The molecule has 0 aromatic heterocycles. The van der Waals surface area contributed by atoms with E-state index in [1.165, 1.54) is 0 Å². The topological polar surface area (TPSA) is 110 Å². The molecule has 1 N–H and O–H groups in total. The van der Waals surface area contributed by atoms with Crippen LogP contribution in [0.5, 0.6) is 0 Å². The lowest BCUT2D eigenvalue weighted by Crippen LogP contribution is -2.45. The quantitative estimate of drug-likeness (QED) is 0.265. The smallest absolute Gasteiger partial charge is 0.421 e. The van der Waals surface area contributed by atoms with E-state index in [1.54, 1.807) is 44.2 Å². The predicted octanol–water partition coefficient (Wildman–Crippen LogP) is 5.41. The van der Waals surface area contributed by atoms with Crippen LogP contribution in [0.4, 0.5) is 14.0 Å².